The van der Waals surface area contributed by atoms with Crippen LogP contribution in [0.2, 0.25) is 0 Å². The number of nitrogens with one attached hydrogen (secondary N) is 1. The minimum Gasteiger partial charge on any atom is -0.508 e. The summed E-state index contributed by atoms with van der Waals surface area (Å²) >= 11 is 0. The van der Waals surface area contributed by atoms with Gasteiger partial charge in [0.15, 0.2) is 0 Å². The van der Waals surface area contributed by atoms with Crippen LogP contribution in [0.1, 0.15) is 33.5 Å². The van der Waals surface area contributed by atoms with Crippen molar-refractivity contribution < 1.29 is 19.7 Å². The molecular formula is C32H32N2O4. The number of hydrogen-bond acceptors (Lipinski definition) is 5. The number of rotatable bonds is 5. The highest BCUT2D eigenvalue weighted by Crippen LogP contribution is 2.61. The van der Waals surface area contributed by atoms with Crippen LogP contribution in [0, 0.1) is 5.92 Å². The molecular weight excluding hydrogens is 476 g/mol. The second-order valence-electron chi connectivity index (χ2n) is 11.2. The zero-order valence-electron chi connectivity index (χ0n) is 21.4. The van der Waals surface area contributed by atoms with Gasteiger partial charge in [0, 0.05) is 29.5 Å². The number of aliphatic hydroxyl groups excluding tert-OH is 1. The molecule has 5 atom stereocenters. The van der Waals surface area contributed by atoms with Crippen molar-refractivity contribution in [3.05, 3.63) is 95.1 Å². The number of nitrogens with zero attached hydrogens (tertiary/aromatic N) is 1. The molecule has 7 rings (SSSR count). The van der Waals surface area contributed by atoms with Crippen LogP contribution in [0.3, 0.4) is 0 Å². The van der Waals surface area contributed by atoms with Crippen molar-refractivity contribution in [2.45, 2.75) is 42.9 Å². The maximum Gasteiger partial charge on any atom is 0.255 e. The Bertz CT molecular complexity index is 1430. The third-order valence-electron chi connectivity index (χ3n) is 9.27. The Labute approximate surface area is 222 Å². The Hall–Kier alpha value is -3.61. The topological polar surface area (TPSA) is 82.0 Å². The standard InChI is InChI=1S/C32H32N2O4/c1-34-17-15-32-25-12-13-27(36)30(32)38-29-24(11-8-22(28(29)32)18-26(25)34)31(37)33-16-14-19-2-4-20(5-3-19)21-6-9-23(35)10-7-21/h2-13,25-27,30,35-36H,14-18H2,1H3,(H,33,37)/t25-,26+,27?,30?,32?/m0/s1. The minimum absolute atomic E-state index is 0.132. The monoisotopic (exact) mass is 508 g/mol. The first-order valence-electron chi connectivity index (χ1n) is 13.5. The fraction of sp³-hybridized carbons (Fsp3) is 0.344. The fourth-order valence-electron chi connectivity index (χ4n) is 7.36. The predicted molar refractivity (Wildman–Crippen MR) is 145 cm³/mol. The average Bonchev–Trinajstić information content (AvgIpc) is 3.28. The van der Waals surface area contributed by atoms with Crippen LogP contribution < -0.4 is 10.1 Å². The third kappa shape index (κ3) is 3.44. The molecule has 1 amide bonds. The third-order valence-corrected chi connectivity index (χ3v) is 9.27. The van der Waals surface area contributed by atoms with Gasteiger partial charge in [-0.15, -0.1) is 0 Å². The molecule has 3 aromatic carbocycles. The summed E-state index contributed by atoms with van der Waals surface area (Å²) in [5.41, 5.74) is 5.99. The number of piperidine rings is 1. The number of carbonyl (C=O) groups is 1. The largest absolute Gasteiger partial charge is 0.508 e. The number of likely N-dealkylation sites (N-methyl/N-ethyl adjacent to an activating group) is 1. The Morgan fingerprint density at radius 2 is 1.79 bits per heavy atom. The number of phenolic OH excluding ortho intramolecular Hbond substituents is 1. The number of amides is 1. The van der Waals surface area contributed by atoms with Crippen LogP contribution >= 0.6 is 0 Å². The highest BCUT2D eigenvalue weighted by Gasteiger charge is 2.64. The lowest BCUT2D eigenvalue weighted by Gasteiger charge is -2.56. The number of ether oxygens (including phenoxy) is 1. The molecule has 2 aliphatic heterocycles. The number of aromatic hydroxyl groups is 1. The zero-order chi connectivity index (χ0) is 26.0. The maximum atomic E-state index is 13.4. The normalized spacial score (nSPS) is 28.5. The van der Waals surface area contributed by atoms with E-state index in [2.05, 4.69) is 53.7 Å². The molecule has 1 fully saturated rings. The molecule has 0 radical (unpaired) electrons. The Morgan fingerprint density at radius 1 is 1.05 bits per heavy atom. The molecule has 0 saturated carbocycles. The van der Waals surface area contributed by atoms with Crippen molar-refractivity contribution in [2.75, 3.05) is 20.1 Å². The number of carbonyl (C=O) groups excluding carboxylic acids is 1. The van der Waals surface area contributed by atoms with Gasteiger partial charge in [-0.05, 0) is 73.3 Å². The van der Waals surface area contributed by atoms with Crippen molar-refractivity contribution in [2.24, 2.45) is 5.92 Å². The van der Waals surface area contributed by atoms with Gasteiger partial charge in [0.2, 0.25) is 0 Å². The van der Waals surface area contributed by atoms with Crippen LogP contribution in [0.25, 0.3) is 11.1 Å². The average molecular weight is 509 g/mol. The summed E-state index contributed by atoms with van der Waals surface area (Å²) in [6.45, 7) is 1.48. The van der Waals surface area contributed by atoms with E-state index in [1.165, 1.54) is 5.56 Å². The summed E-state index contributed by atoms with van der Waals surface area (Å²) < 4.78 is 6.51. The van der Waals surface area contributed by atoms with Gasteiger partial charge in [0.25, 0.3) is 5.91 Å². The van der Waals surface area contributed by atoms with Crippen molar-refractivity contribution in [3.8, 4) is 22.6 Å². The van der Waals surface area contributed by atoms with Crippen LogP contribution in [0.15, 0.2) is 72.8 Å². The van der Waals surface area contributed by atoms with Gasteiger partial charge in [-0.3, -0.25) is 4.79 Å². The number of hydrogen-bond donors (Lipinski definition) is 3. The first-order chi connectivity index (χ1) is 18.5. The molecule has 3 N–H and O–H groups in total. The maximum absolute atomic E-state index is 13.4. The smallest absolute Gasteiger partial charge is 0.255 e. The molecule has 2 bridgehead atoms. The number of phenols is 1. The Kier molecular flexibility index (Phi) is 5.39. The van der Waals surface area contributed by atoms with Gasteiger partial charge in [-0.2, -0.15) is 0 Å². The molecule has 194 valence electrons. The number of benzene rings is 3. The molecule has 1 saturated heterocycles. The molecule has 38 heavy (non-hydrogen) atoms. The second-order valence-corrected chi connectivity index (χ2v) is 11.2. The summed E-state index contributed by atoms with van der Waals surface area (Å²) in [6, 6.07) is 19.8. The van der Waals surface area contributed by atoms with Gasteiger partial charge in [-0.25, -0.2) is 0 Å². The quantitative estimate of drug-likeness (QED) is 0.457. The Balaban J connectivity index is 1.09. The summed E-state index contributed by atoms with van der Waals surface area (Å²) in [7, 11) is 2.19. The van der Waals surface area contributed by atoms with Crippen molar-refractivity contribution in [1.82, 2.24) is 10.2 Å². The van der Waals surface area contributed by atoms with E-state index in [0.717, 1.165) is 41.6 Å². The van der Waals surface area contributed by atoms with Gasteiger partial charge in [0.05, 0.1) is 5.56 Å². The molecule has 1 spiro atoms. The lowest BCUT2D eigenvalue weighted by molar-refractivity contribution is -0.0451. The molecule has 3 unspecified atom stereocenters. The molecule has 2 heterocycles. The molecule has 6 nitrogen and oxygen atoms in total. The fourth-order valence-corrected chi connectivity index (χ4v) is 7.36. The van der Waals surface area contributed by atoms with E-state index < -0.39 is 6.10 Å². The van der Waals surface area contributed by atoms with Gasteiger partial charge in [0.1, 0.15) is 23.7 Å². The zero-order valence-corrected chi connectivity index (χ0v) is 21.4. The van der Waals surface area contributed by atoms with E-state index in [1.54, 1.807) is 12.1 Å². The molecule has 3 aromatic rings. The Morgan fingerprint density at radius 3 is 2.55 bits per heavy atom. The molecule has 0 aromatic heterocycles. The van der Waals surface area contributed by atoms with E-state index in [1.807, 2.05) is 24.3 Å². The van der Waals surface area contributed by atoms with Crippen molar-refractivity contribution in [1.29, 1.82) is 0 Å². The van der Waals surface area contributed by atoms with E-state index >= 15 is 0 Å². The second kappa shape index (κ2) is 8.72. The van der Waals surface area contributed by atoms with Crippen LogP contribution in [-0.2, 0) is 18.3 Å². The summed E-state index contributed by atoms with van der Waals surface area (Å²) in [5.74, 6) is 1.09. The molecule has 4 aliphatic rings. The van der Waals surface area contributed by atoms with Crippen LogP contribution in [0.4, 0.5) is 0 Å². The predicted octanol–water partition coefficient (Wildman–Crippen LogP) is 3.84. The number of aliphatic hydroxyl groups is 1. The summed E-state index contributed by atoms with van der Waals surface area (Å²) in [5, 5.41) is 23.5. The first-order valence-corrected chi connectivity index (χ1v) is 13.5. The van der Waals surface area contributed by atoms with Crippen LogP contribution in [-0.4, -0.2) is 59.4 Å². The van der Waals surface area contributed by atoms with Gasteiger partial charge >= 0.3 is 0 Å². The highest BCUT2D eigenvalue weighted by atomic mass is 16.5. The lowest BCUT2D eigenvalue weighted by atomic mass is 9.53. The van der Waals surface area contributed by atoms with Crippen molar-refractivity contribution in [3.63, 3.8) is 0 Å². The van der Waals surface area contributed by atoms with Crippen LogP contribution in [0.5, 0.6) is 11.5 Å². The number of likely N-dealkylation sites (tertiary alicyclic amines) is 1. The van der Waals surface area contributed by atoms with E-state index in [9.17, 15) is 15.0 Å². The van der Waals surface area contributed by atoms with Gasteiger partial charge < -0.3 is 25.2 Å². The van der Waals surface area contributed by atoms with E-state index in [4.69, 9.17) is 4.74 Å². The summed E-state index contributed by atoms with van der Waals surface area (Å²) in [6.07, 6.45) is 5.64. The lowest BCUT2D eigenvalue weighted by Crippen LogP contribution is -2.64. The summed E-state index contributed by atoms with van der Waals surface area (Å²) in [4.78, 5) is 15.8. The van der Waals surface area contributed by atoms with Gasteiger partial charge in [-0.1, -0.05) is 54.6 Å². The highest BCUT2D eigenvalue weighted by molar-refractivity contribution is 5.98. The molecule has 2 aliphatic carbocycles. The van der Waals surface area contributed by atoms with Crippen molar-refractivity contribution >= 4 is 5.91 Å². The SMILES string of the molecule is CN1CCC23c4c5ccc(C(=O)NCCc6ccc(-c7ccc(O)cc7)cc6)c4OC2C(O)C=C[C@H]3[C@H]1C5. The minimum atomic E-state index is -0.672. The first kappa shape index (κ1) is 23.5. The van der Waals surface area contributed by atoms with E-state index in [-0.39, 0.29) is 29.1 Å². The van der Waals surface area contributed by atoms with E-state index in [0.29, 0.717) is 30.3 Å². The molecule has 6 heteroatoms.